The molecule has 13 heteroatoms. The zero-order valence-electron chi connectivity index (χ0n) is 18.1. The van der Waals surface area contributed by atoms with Crippen molar-refractivity contribution in [3.63, 3.8) is 0 Å². The number of carbonyl (C=O) groups excluding carboxylic acids is 1. The fourth-order valence-corrected chi connectivity index (χ4v) is 3.07. The van der Waals surface area contributed by atoms with Gasteiger partial charge in [0.2, 0.25) is 11.6 Å². The summed E-state index contributed by atoms with van der Waals surface area (Å²) in [5.74, 6) is 0.511. The second-order valence-electron chi connectivity index (χ2n) is 6.93. The van der Waals surface area contributed by atoms with Crippen LogP contribution in [0.5, 0.6) is 11.5 Å². The molecule has 0 atom stereocenters. The Bertz CT molecular complexity index is 1330. The summed E-state index contributed by atoms with van der Waals surface area (Å²) in [4.78, 5) is 12.7. The molecule has 0 fully saturated rings. The first-order valence-electron chi connectivity index (χ1n) is 9.85. The molecule has 0 radical (unpaired) electrons. The van der Waals surface area contributed by atoms with Crippen LogP contribution in [0.15, 0.2) is 52.2 Å². The fraction of sp³-hybridized carbons (Fsp3) is 0.143. The van der Waals surface area contributed by atoms with E-state index in [0.717, 1.165) is 10.2 Å². The fourth-order valence-electron chi connectivity index (χ4n) is 2.95. The quantitative estimate of drug-likeness (QED) is 0.284. The number of carbonyl (C=O) groups is 1. The Labute approximate surface area is 198 Å². The van der Waals surface area contributed by atoms with Gasteiger partial charge in [0.25, 0.3) is 5.91 Å². The Hall–Kier alpha value is -4.45. The number of ether oxygens (including phenoxy) is 2. The van der Waals surface area contributed by atoms with Crippen molar-refractivity contribution in [2.75, 3.05) is 12.8 Å². The van der Waals surface area contributed by atoms with Crippen molar-refractivity contribution in [3.05, 3.63) is 70.0 Å². The van der Waals surface area contributed by atoms with Gasteiger partial charge >= 0.3 is 0 Å². The molecule has 4 rings (SSSR count). The van der Waals surface area contributed by atoms with E-state index in [1.807, 2.05) is 12.1 Å². The van der Waals surface area contributed by atoms with E-state index in [1.54, 1.807) is 37.3 Å². The number of rotatable bonds is 8. The number of aryl methyl sites for hydroxylation is 1. The van der Waals surface area contributed by atoms with E-state index in [9.17, 15) is 4.79 Å². The molecule has 2 heterocycles. The molecule has 4 aromatic rings. The highest BCUT2D eigenvalue weighted by molar-refractivity contribution is 6.30. The Morgan fingerprint density at radius 3 is 2.74 bits per heavy atom. The van der Waals surface area contributed by atoms with Crippen LogP contribution in [0.25, 0.3) is 5.82 Å². The standard InChI is InChI=1S/C21H19ClN8O4/c1-12-18(30(29-25-12)20-19(23)27-34-28-20)21(31)26-24-10-14-5-8-16(17(9-14)32-2)33-11-13-3-6-15(22)7-4-13/h3-10H,11H2,1-2H3,(H2,23,27)(H,26,31)/b24-10+. The van der Waals surface area contributed by atoms with Crippen molar-refractivity contribution < 1.29 is 18.9 Å². The van der Waals surface area contributed by atoms with Crippen molar-refractivity contribution in [2.24, 2.45) is 5.10 Å². The highest BCUT2D eigenvalue weighted by atomic mass is 35.5. The molecular formula is C21H19ClN8O4. The molecule has 0 saturated carbocycles. The highest BCUT2D eigenvalue weighted by Crippen LogP contribution is 2.28. The molecule has 174 valence electrons. The van der Waals surface area contributed by atoms with E-state index in [2.05, 4.69) is 35.8 Å². The first-order chi connectivity index (χ1) is 16.5. The summed E-state index contributed by atoms with van der Waals surface area (Å²) in [6.45, 7) is 1.96. The van der Waals surface area contributed by atoms with Crippen molar-refractivity contribution >= 4 is 29.5 Å². The predicted octanol–water partition coefficient (Wildman–Crippen LogP) is 2.55. The maximum Gasteiger partial charge on any atom is 0.292 e. The molecule has 0 bridgehead atoms. The van der Waals surface area contributed by atoms with Crippen molar-refractivity contribution in [3.8, 4) is 17.3 Å². The number of aromatic nitrogens is 5. The SMILES string of the molecule is COc1cc(/C=N/NC(=O)c2c(C)nnn2-c2nonc2N)ccc1OCc1ccc(Cl)cc1. The maximum atomic E-state index is 12.7. The van der Waals surface area contributed by atoms with E-state index >= 15 is 0 Å². The van der Waals surface area contributed by atoms with Crippen LogP contribution in [0.1, 0.15) is 27.3 Å². The largest absolute Gasteiger partial charge is 0.493 e. The lowest BCUT2D eigenvalue weighted by molar-refractivity contribution is 0.0946. The average Bonchev–Trinajstić information content (AvgIpc) is 3.43. The number of nitrogens with two attached hydrogens (primary N) is 1. The molecule has 1 amide bonds. The molecular weight excluding hydrogens is 464 g/mol. The summed E-state index contributed by atoms with van der Waals surface area (Å²) in [5, 5.41) is 19.5. The summed E-state index contributed by atoms with van der Waals surface area (Å²) >= 11 is 5.91. The highest BCUT2D eigenvalue weighted by Gasteiger charge is 2.22. The molecule has 0 aliphatic rings. The zero-order chi connectivity index (χ0) is 24.1. The molecule has 2 aromatic heterocycles. The van der Waals surface area contributed by atoms with Gasteiger partial charge in [-0.3, -0.25) is 4.79 Å². The van der Waals surface area contributed by atoms with Crippen LogP contribution in [0.2, 0.25) is 5.02 Å². The molecule has 2 aromatic carbocycles. The predicted molar refractivity (Wildman–Crippen MR) is 122 cm³/mol. The number of nitrogens with one attached hydrogen (secondary N) is 1. The van der Waals surface area contributed by atoms with Gasteiger partial charge in [-0.15, -0.1) is 5.10 Å². The summed E-state index contributed by atoms with van der Waals surface area (Å²) in [6.07, 6.45) is 1.46. The molecule has 3 N–H and O–H groups in total. The van der Waals surface area contributed by atoms with Gasteiger partial charge in [-0.05, 0) is 58.7 Å². The number of hydrogen-bond acceptors (Lipinski definition) is 10. The van der Waals surface area contributed by atoms with Crippen molar-refractivity contribution in [1.82, 2.24) is 30.7 Å². The minimum Gasteiger partial charge on any atom is -0.493 e. The Kier molecular flexibility index (Phi) is 6.69. The number of nitrogen functional groups attached to an aromatic ring is 1. The van der Waals surface area contributed by atoms with Crippen LogP contribution in [-0.2, 0) is 6.61 Å². The molecule has 0 saturated heterocycles. The number of anilines is 1. The third kappa shape index (κ3) is 4.96. The van der Waals surface area contributed by atoms with Gasteiger partial charge in [-0.2, -0.15) is 9.78 Å². The van der Waals surface area contributed by atoms with Crippen LogP contribution < -0.4 is 20.6 Å². The minimum absolute atomic E-state index is 0.0343. The number of amides is 1. The number of benzene rings is 2. The summed E-state index contributed by atoms with van der Waals surface area (Å²) in [6, 6.07) is 12.6. The topological polar surface area (TPSA) is 156 Å². The first kappa shape index (κ1) is 22.7. The van der Waals surface area contributed by atoms with Gasteiger partial charge < -0.3 is 15.2 Å². The number of halogens is 1. The van der Waals surface area contributed by atoms with Crippen molar-refractivity contribution in [2.45, 2.75) is 13.5 Å². The molecule has 0 spiro atoms. The molecule has 34 heavy (non-hydrogen) atoms. The lowest BCUT2D eigenvalue weighted by atomic mass is 10.2. The third-order valence-electron chi connectivity index (χ3n) is 4.62. The second kappa shape index (κ2) is 10.0. The maximum absolute atomic E-state index is 12.7. The summed E-state index contributed by atoms with van der Waals surface area (Å²) < 4.78 is 16.9. The van der Waals surface area contributed by atoms with Gasteiger partial charge in [0.05, 0.1) is 19.0 Å². The van der Waals surface area contributed by atoms with Crippen LogP contribution >= 0.6 is 11.6 Å². The number of nitrogens with zero attached hydrogens (tertiary/aromatic N) is 6. The average molecular weight is 483 g/mol. The minimum atomic E-state index is -0.573. The Morgan fingerprint density at radius 1 is 1.24 bits per heavy atom. The number of hydrogen-bond donors (Lipinski definition) is 2. The number of methoxy groups -OCH3 is 1. The lowest BCUT2D eigenvalue weighted by Crippen LogP contribution is -2.22. The smallest absolute Gasteiger partial charge is 0.292 e. The van der Waals surface area contributed by atoms with Gasteiger partial charge in [0.15, 0.2) is 17.2 Å². The van der Waals surface area contributed by atoms with Gasteiger partial charge in [-0.25, -0.2) is 10.1 Å². The second-order valence-corrected chi connectivity index (χ2v) is 7.37. The molecule has 12 nitrogen and oxygen atoms in total. The Balaban J connectivity index is 1.43. The van der Waals surface area contributed by atoms with Gasteiger partial charge in [-0.1, -0.05) is 28.9 Å². The van der Waals surface area contributed by atoms with Crippen molar-refractivity contribution in [1.29, 1.82) is 0 Å². The van der Waals surface area contributed by atoms with Crippen LogP contribution in [-0.4, -0.2) is 44.5 Å². The van der Waals surface area contributed by atoms with E-state index in [-0.39, 0.29) is 17.3 Å². The zero-order valence-corrected chi connectivity index (χ0v) is 18.9. The van der Waals surface area contributed by atoms with Crippen LogP contribution in [0.3, 0.4) is 0 Å². The molecule has 0 aliphatic heterocycles. The van der Waals surface area contributed by atoms with E-state index < -0.39 is 5.91 Å². The number of hydrazone groups is 1. The molecule has 0 aliphatic carbocycles. The van der Waals surface area contributed by atoms with E-state index in [4.69, 9.17) is 26.8 Å². The van der Waals surface area contributed by atoms with Gasteiger partial charge in [0, 0.05) is 5.02 Å². The van der Waals surface area contributed by atoms with E-state index in [1.165, 1.54) is 13.3 Å². The summed E-state index contributed by atoms with van der Waals surface area (Å²) in [7, 11) is 1.54. The third-order valence-corrected chi connectivity index (χ3v) is 4.88. The summed E-state index contributed by atoms with van der Waals surface area (Å²) in [5.41, 5.74) is 10.2. The lowest BCUT2D eigenvalue weighted by Gasteiger charge is -2.11. The Morgan fingerprint density at radius 2 is 2.03 bits per heavy atom. The first-order valence-corrected chi connectivity index (χ1v) is 10.2. The monoisotopic (exact) mass is 482 g/mol. The van der Waals surface area contributed by atoms with Gasteiger partial charge in [0.1, 0.15) is 6.61 Å². The normalized spacial score (nSPS) is 11.0. The van der Waals surface area contributed by atoms with E-state index in [0.29, 0.717) is 34.4 Å². The van der Waals surface area contributed by atoms with Crippen LogP contribution in [0.4, 0.5) is 5.82 Å². The van der Waals surface area contributed by atoms with Crippen LogP contribution in [0, 0.1) is 6.92 Å². The molecule has 0 unspecified atom stereocenters.